The number of hydrogen-bond acceptors (Lipinski definition) is 4. The van der Waals surface area contributed by atoms with Crippen LogP contribution in [0.25, 0.3) is 10.9 Å². The van der Waals surface area contributed by atoms with E-state index in [2.05, 4.69) is 41.9 Å². The van der Waals surface area contributed by atoms with Crippen LogP contribution in [-0.2, 0) is 0 Å². The molecule has 0 unspecified atom stereocenters. The molecule has 0 spiro atoms. The zero-order chi connectivity index (χ0) is 17.4. The summed E-state index contributed by atoms with van der Waals surface area (Å²) in [6.07, 6.45) is 1.48. The van der Waals surface area contributed by atoms with Gasteiger partial charge in [0.25, 0.3) is 5.56 Å². The predicted molar refractivity (Wildman–Crippen MR) is 102 cm³/mol. The molecular weight excluding hydrogens is 461 g/mol. The van der Waals surface area contributed by atoms with Gasteiger partial charge in [0.05, 0.1) is 26.6 Å². The first-order valence-corrected chi connectivity index (χ1v) is 8.74. The van der Waals surface area contributed by atoms with Crippen molar-refractivity contribution in [1.82, 2.24) is 9.66 Å². The van der Waals surface area contributed by atoms with Gasteiger partial charge in [-0.25, -0.2) is 4.98 Å². The molecule has 0 radical (unpaired) electrons. The molecule has 8 heteroatoms. The molecule has 0 atom stereocenters. The summed E-state index contributed by atoms with van der Waals surface area (Å²) in [6.45, 7) is 1.71. The number of halogens is 3. The summed E-state index contributed by atoms with van der Waals surface area (Å²) in [6, 6.07) is 8.52. The first-order chi connectivity index (χ1) is 11.4. The van der Waals surface area contributed by atoms with E-state index in [-0.39, 0.29) is 16.3 Å². The van der Waals surface area contributed by atoms with Gasteiger partial charge >= 0.3 is 0 Å². The maximum Gasteiger partial charge on any atom is 0.282 e. The van der Waals surface area contributed by atoms with Crippen LogP contribution in [0.2, 0.25) is 5.02 Å². The van der Waals surface area contributed by atoms with Crippen LogP contribution < -0.4 is 5.56 Å². The second kappa shape index (κ2) is 6.66. The second-order valence-electron chi connectivity index (χ2n) is 5.02. The van der Waals surface area contributed by atoms with Crippen molar-refractivity contribution in [2.24, 2.45) is 5.10 Å². The van der Waals surface area contributed by atoms with E-state index in [1.54, 1.807) is 31.2 Å². The lowest BCUT2D eigenvalue weighted by Crippen LogP contribution is -2.20. The maximum absolute atomic E-state index is 12.6. The molecule has 1 heterocycles. The van der Waals surface area contributed by atoms with Crippen molar-refractivity contribution < 1.29 is 5.11 Å². The van der Waals surface area contributed by atoms with Gasteiger partial charge in [-0.3, -0.25) is 4.79 Å². The number of hydrogen-bond donors (Lipinski definition) is 1. The monoisotopic (exact) mass is 469 g/mol. The van der Waals surface area contributed by atoms with Crippen molar-refractivity contribution >= 4 is 60.6 Å². The molecule has 1 N–H and O–H groups in total. The summed E-state index contributed by atoms with van der Waals surface area (Å²) in [5.41, 5.74) is 0.979. The Morgan fingerprint density at radius 1 is 1.29 bits per heavy atom. The number of aromatic hydroxyl groups is 1. The van der Waals surface area contributed by atoms with E-state index in [0.717, 1.165) is 4.47 Å². The lowest BCUT2D eigenvalue weighted by atomic mass is 10.2. The third kappa shape index (κ3) is 3.24. The highest BCUT2D eigenvalue weighted by molar-refractivity contribution is 9.10. The molecule has 0 fully saturated rings. The number of rotatable bonds is 2. The molecule has 5 nitrogen and oxygen atoms in total. The normalized spacial score (nSPS) is 11.5. The standard InChI is InChI=1S/C16H10Br2ClN3O2/c1-8-21-14-3-2-10(17)6-11(14)16(24)22(8)20-7-9-4-12(18)15(23)13(19)5-9/h2-7,23H,1H3. The van der Waals surface area contributed by atoms with Gasteiger partial charge in [0.2, 0.25) is 0 Å². The average Bonchev–Trinajstić information content (AvgIpc) is 2.53. The van der Waals surface area contributed by atoms with Gasteiger partial charge in [-0.05, 0) is 58.7 Å². The van der Waals surface area contributed by atoms with Crippen molar-refractivity contribution in [1.29, 1.82) is 0 Å². The Kier molecular flexibility index (Phi) is 4.76. The van der Waals surface area contributed by atoms with Gasteiger partial charge in [-0.15, -0.1) is 0 Å². The van der Waals surface area contributed by atoms with Crippen molar-refractivity contribution in [3.63, 3.8) is 0 Å². The van der Waals surface area contributed by atoms with Crippen LogP contribution in [0.3, 0.4) is 0 Å². The maximum atomic E-state index is 12.6. The zero-order valence-electron chi connectivity index (χ0n) is 12.3. The van der Waals surface area contributed by atoms with Crippen LogP contribution in [0.15, 0.2) is 49.2 Å². The fourth-order valence-corrected chi connectivity index (χ4v) is 3.36. The van der Waals surface area contributed by atoms with E-state index < -0.39 is 0 Å². The summed E-state index contributed by atoms with van der Waals surface area (Å²) in [5.74, 6) is 0.425. The minimum Gasteiger partial charge on any atom is -0.505 e. The van der Waals surface area contributed by atoms with Gasteiger partial charge in [0.1, 0.15) is 11.6 Å². The molecule has 0 saturated heterocycles. The van der Waals surface area contributed by atoms with Gasteiger partial charge in [-0.1, -0.05) is 27.5 Å². The van der Waals surface area contributed by atoms with Crippen LogP contribution >= 0.6 is 43.5 Å². The van der Waals surface area contributed by atoms with Crippen LogP contribution in [0.5, 0.6) is 5.75 Å². The molecule has 0 aliphatic carbocycles. The molecule has 3 rings (SSSR count). The van der Waals surface area contributed by atoms with E-state index in [4.69, 9.17) is 11.6 Å². The first kappa shape index (κ1) is 17.1. The summed E-state index contributed by atoms with van der Waals surface area (Å²) in [7, 11) is 0. The molecule has 2 aromatic carbocycles. The Morgan fingerprint density at radius 3 is 2.75 bits per heavy atom. The van der Waals surface area contributed by atoms with Gasteiger partial charge in [-0.2, -0.15) is 9.78 Å². The lowest BCUT2D eigenvalue weighted by molar-refractivity contribution is 0.472. The highest BCUT2D eigenvalue weighted by Gasteiger charge is 2.08. The largest absolute Gasteiger partial charge is 0.505 e. The van der Waals surface area contributed by atoms with Crippen LogP contribution in [0.4, 0.5) is 0 Å². The summed E-state index contributed by atoms with van der Waals surface area (Å²) < 4.78 is 2.47. The van der Waals surface area contributed by atoms with Gasteiger partial charge < -0.3 is 5.11 Å². The van der Waals surface area contributed by atoms with Crippen molar-refractivity contribution in [3.05, 3.63) is 66.0 Å². The Balaban J connectivity index is 2.12. The SMILES string of the molecule is Cc1nc2ccc(Br)cc2c(=O)n1N=Cc1cc(Cl)c(O)c(Br)c1. The summed E-state index contributed by atoms with van der Waals surface area (Å²) in [5, 5.41) is 14.5. The van der Waals surface area contributed by atoms with Crippen LogP contribution in [0.1, 0.15) is 11.4 Å². The first-order valence-electron chi connectivity index (χ1n) is 6.78. The fourth-order valence-electron chi connectivity index (χ4n) is 2.18. The van der Waals surface area contributed by atoms with E-state index >= 15 is 0 Å². The van der Waals surface area contributed by atoms with E-state index in [9.17, 15) is 9.90 Å². The molecule has 0 saturated carbocycles. The second-order valence-corrected chi connectivity index (χ2v) is 7.19. The smallest absolute Gasteiger partial charge is 0.282 e. The minimum atomic E-state index is -0.265. The molecule has 3 aromatic rings. The molecule has 0 aliphatic heterocycles. The molecule has 0 amide bonds. The fraction of sp³-hybridized carbons (Fsp3) is 0.0625. The Morgan fingerprint density at radius 2 is 2.04 bits per heavy atom. The number of phenols is 1. The number of benzene rings is 2. The van der Waals surface area contributed by atoms with Gasteiger partial charge in [0, 0.05) is 4.47 Å². The van der Waals surface area contributed by atoms with Crippen LogP contribution in [0, 0.1) is 6.92 Å². The number of aromatic nitrogens is 2. The minimum absolute atomic E-state index is 0.0422. The molecule has 24 heavy (non-hydrogen) atoms. The van der Waals surface area contributed by atoms with Crippen molar-refractivity contribution in [3.8, 4) is 5.75 Å². The Bertz CT molecular complexity index is 1020. The molecule has 0 bridgehead atoms. The number of aryl methyl sites for hydroxylation is 1. The zero-order valence-corrected chi connectivity index (χ0v) is 16.2. The van der Waals surface area contributed by atoms with E-state index in [1.807, 2.05) is 6.07 Å². The van der Waals surface area contributed by atoms with Crippen molar-refractivity contribution in [2.75, 3.05) is 0 Å². The summed E-state index contributed by atoms with van der Waals surface area (Å²) in [4.78, 5) is 17.0. The van der Waals surface area contributed by atoms with Crippen molar-refractivity contribution in [2.45, 2.75) is 6.92 Å². The third-order valence-electron chi connectivity index (χ3n) is 3.33. The highest BCUT2D eigenvalue weighted by Crippen LogP contribution is 2.32. The van der Waals surface area contributed by atoms with Crippen LogP contribution in [-0.4, -0.2) is 21.0 Å². The molecule has 0 aliphatic rings. The number of fused-ring (bicyclic) bond motifs is 1. The number of phenolic OH excluding ortho intramolecular Hbond substituents is 1. The lowest BCUT2D eigenvalue weighted by Gasteiger charge is -2.06. The third-order valence-corrected chi connectivity index (χ3v) is 4.72. The topological polar surface area (TPSA) is 67.5 Å². The Labute approximate surface area is 158 Å². The molecule has 1 aromatic heterocycles. The summed E-state index contributed by atoms with van der Waals surface area (Å²) >= 11 is 12.5. The average molecular weight is 472 g/mol. The van der Waals surface area contributed by atoms with E-state index in [1.165, 1.54) is 10.9 Å². The molecular formula is C16H10Br2ClN3O2. The number of nitrogens with zero attached hydrogens (tertiary/aromatic N) is 3. The predicted octanol–water partition coefficient (Wildman–Crippen LogP) is 4.47. The quantitative estimate of drug-likeness (QED) is 0.561. The molecule has 122 valence electrons. The highest BCUT2D eigenvalue weighted by atomic mass is 79.9. The van der Waals surface area contributed by atoms with E-state index in [0.29, 0.717) is 26.8 Å². The van der Waals surface area contributed by atoms with Gasteiger partial charge in [0.15, 0.2) is 0 Å². The Hall–Kier alpha value is -1.70.